The lowest BCUT2D eigenvalue weighted by molar-refractivity contribution is 0.0939. The van der Waals surface area contributed by atoms with Gasteiger partial charge >= 0.3 is 0 Å². The van der Waals surface area contributed by atoms with Crippen molar-refractivity contribution in [1.82, 2.24) is 10.5 Å². The number of amides is 1. The van der Waals surface area contributed by atoms with Crippen LogP contribution in [0.4, 0.5) is 4.39 Å². The Kier molecular flexibility index (Phi) is 4.53. The van der Waals surface area contributed by atoms with Crippen LogP contribution in [0.1, 0.15) is 16.2 Å². The molecule has 5 nitrogen and oxygen atoms in total. The number of nitrogens with zero attached hydrogens (tertiary/aromatic N) is 1. The average Bonchev–Trinajstić information content (AvgIpc) is 3.37. The first-order valence-corrected chi connectivity index (χ1v) is 8.34. The molecular formula is C21H15FN2O3. The van der Waals surface area contributed by atoms with E-state index >= 15 is 0 Å². The number of rotatable bonds is 5. The SMILES string of the molecule is O=C(NCc1ccc(-c2ccc(F)cc2)o1)c1cc(-c2ccccc2)on1. The Balaban J connectivity index is 1.40. The zero-order valence-corrected chi connectivity index (χ0v) is 14.2. The van der Waals surface area contributed by atoms with Gasteiger partial charge in [-0.25, -0.2) is 4.39 Å². The van der Waals surface area contributed by atoms with Gasteiger partial charge < -0.3 is 14.3 Å². The lowest BCUT2D eigenvalue weighted by Crippen LogP contribution is -2.22. The maximum atomic E-state index is 13.0. The first kappa shape index (κ1) is 16.8. The van der Waals surface area contributed by atoms with Gasteiger partial charge in [0.05, 0.1) is 6.54 Å². The van der Waals surface area contributed by atoms with Crippen molar-refractivity contribution in [3.63, 3.8) is 0 Å². The fraction of sp³-hybridized carbons (Fsp3) is 0.0476. The second-order valence-corrected chi connectivity index (χ2v) is 5.90. The molecule has 1 N–H and O–H groups in total. The molecule has 0 atom stereocenters. The second-order valence-electron chi connectivity index (χ2n) is 5.90. The number of aromatic nitrogens is 1. The van der Waals surface area contributed by atoms with E-state index < -0.39 is 0 Å². The molecule has 0 spiro atoms. The largest absolute Gasteiger partial charge is 0.459 e. The zero-order chi connectivity index (χ0) is 18.6. The molecule has 0 saturated heterocycles. The molecule has 0 aliphatic carbocycles. The van der Waals surface area contributed by atoms with Crippen LogP contribution in [-0.4, -0.2) is 11.1 Å². The zero-order valence-electron chi connectivity index (χ0n) is 14.2. The number of nitrogens with one attached hydrogen (secondary N) is 1. The van der Waals surface area contributed by atoms with Gasteiger partial charge in [-0.05, 0) is 36.4 Å². The van der Waals surface area contributed by atoms with Crippen molar-refractivity contribution in [2.45, 2.75) is 6.54 Å². The van der Waals surface area contributed by atoms with E-state index in [0.29, 0.717) is 17.3 Å². The Morgan fingerprint density at radius 1 is 0.926 bits per heavy atom. The Labute approximate surface area is 154 Å². The van der Waals surface area contributed by atoms with E-state index in [0.717, 1.165) is 11.1 Å². The lowest BCUT2D eigenvalue weighted by Gasteiger charge is -2.00. The van der Waals surface area contributed by atoms with Crippen LogP contribution in [-0.2, 0) is 6.54 Å². The highest BCUT2D eigenvalue weighted by atomic mass is 19.1. The molecule has 2 heterocycles. The quantitative estimate of drug-likeness (QED) is 0.560. The number of carbonyl (C=O) groups excluding carboxylic acids is 1. The number of hydrogen-bond acceptors (Lipinski definition) is 4. The van der Waals surface area contributed by atoms with Crippen LogP contribution in [0.5, 0.6) is 0 Å². The standard InChI is InChI=1S/C21H15FN2O3/c22-16-8-6-15(7-9-16)19-11-10-17(26-19)13-23-21(25)18-12-20(27-24-18)14-4-2-1-3-5-14/h1-12H,13H2,(H,23,25). The van der Waals surface area contributed by atoms with Gasteiger partial charge in [0.15, 0.2) is 11.5 Å². The summed E-state index contributed by atoms with van der Waals surface area (Å²) in [4.78, 5) is 12.3. The molecule has 2 aromatic carbocycles. The average molecular weight is 362 g/mol. The molecule has 1 amide bonds. The van der Waals surface area contributed by atoms with E-state index in [4.69, 9.17) is 8.94 Å². The summed E-state index contributed by atoms with van der Waals surface area (Å²) >= 11 is 0. The number of halogens is 1. The molecule has 2 aromatic heterocycles. The molecule has 27 heavy (non-hydrogen) atoms. The molecule has 4 aromatic rings. The van der Waals surface area contributed by atoms with Crippen molar-refractivity contribution < 1.29 is 18.1 Å². The van der Waals surface area contributed by atoms with Gasteiger partial charge in [0.2, 0.25) is 0 Å². The molecular weight excluding hydrogens is 347 g/mol. The topological polar surface area (TPSA) is 68.3 Å². The highest BCUT2D eigenvalue weighted by Crippen LogP contribution is 2.23. The van der Waals surface area contributed by atoms with Crippen LogP contribution in [0.25, 0.3) is 22.6 Å². The highest BCUT2D eigenvalue weighted by molar-refractivity contribution is 5.93. The smallest absolute Gasteiger partial charge is 0.273 e. The van der Waals surface area contributed by atoms with E-state index in [9.17, 15) is 9.18 Å². The molecule has 0 saturated carbocycles. The lowest BCUT2D eigenvalue weighted by atomic mass is 10.1. The van der Waals surface area contributed by atoms with Gasteiger partial charge in [0, 0.05) is 17.2 Å². The number of furan rings is 1. The minimum absolute atomic E-state index is 0.194. The Morgan fingerprint density at radius 2 is 1.67 bits per heavy atom. The molecule has 0 aliphatic heterocycles. The normalized spacial score (nSPS) is 10.7. The third kappa shape index (κ3) is 3.79. The fourth-order valence-electron chi connectivity index (χ4n) is 2.62. The van der Waals surface area contributed by atoms with Crippen LogP contribution in [0.2, 0.25) is 0 Å². The van der Waals surface area contributed by atoms with E-state index in [2.05, 4.69) is 10.5 Å². The summed E-state index contributed by atoms with van der Waals surface area (Å²) in [6.45, 7) is 0.202. The summed E-state index contributed by atoms with van der Waals surface area (Å²) in [5.74, 6) is 1.04. The van der Waals surface area contributed by atoms with Crippen molar-refractivity contribution in [2.75, 3.05) is 0 Å². The van der Waals surface area contributed by atoms with Crippen molar-refractivity contribution in [1.29, 1.82) is 0 Å². The monoisotopic (exact) mass is 362 g/mol. The van der Waals surface area contributed by atoms with Crippen LogP contribution in [0.15, 0.2) is 81.7 Å². The third-order valence-corrected chi connectivity index (χ3v) is 4.01. The van der Waals surface area contributed by atoms with Crippen LogP contribution >= 0.6 is 0 Å². The van der Waals surface area contributed by atoms with Gasteiger partial charge in [-0.15, -0.1) is 0 Å². The molecule has 0 fully saturated rings. The predicted molar refractivity (Wildman–Crippen MR) is 97.2 cm³/mol. The van der Waals surface area contributed by atoms with Crippen molar-refractivity contribution in [3.05, 3.63) is 90.1 Å². The maximum Gasteiger partial charge on any atom is 0.273 e. The molecule has 0 aliphatic rings. The second kappa shape index (κ2) is 7.29. The van der Waals surface area contributed by atoms with Crippen molar-refractivity contribution >= 4 is 5.91 Å². The minimum Gasteiger partial charge on any atom is -0.459 e. The predicted octanol–water partition coefficient (Wildman–Crippen LogP) is 4.67. The van der Waals surface area contributed by atoms with Gasteiger partial charge in [-0.3, -0.25) is 4.79 Å². The van der Waals surface area contributed by atoms with Crippen LogP contribution in [0, 0.1) is 5.82 Å². The Hall–Kier alpha value is -3.67. The van der Waals surface area contributed by atoms with Gasteiger partial charge in [-0.1, -0.05) is 35.5 Å². The van der Waals surface area contributed by atoms with E-state index in [-0.39, 0.29) is 24.0 Å². The van der Waals surface area contributed by atoms with Crippen molar-refractivity contribution in [3.8, 4) is 22.6 Å². The summed E-state index contributed by atoms with van der Waals surface area (Å²) in [5.41, 5.74) is 1.80. The summed E-state index contributed by atoms with van der Waals surface area (Å²) < 4.78 is 23.9. The number of carbonyl (C=O) groups is 1. The number of benzene rings is 2. The fourth-order valence-corrected chi connectivity index (χ4v) is 2.62. The van der Waals surface area contributed by atoms with Gasteiger partial charge in [0.25, 0.3) is 5.91 Å². The molecule has 4 rings (SSSR count). The number of hydrogen-bond donors (Lipinski definition) is 1. The molecule has 134 valence electrons. The van der Waals surface area contributed by atoms with E-state index in [1.165, 1.54) is 12.1 Å². The molecule has 6 heteroatoms. The Morgan fingerprint density at radius 3 is 2.44 bits per heavy atom. The minimum atomic E-state index is -0.360. The molecule has 0 unspecified atom stereocenters. The van der Waals surface area contributed by atoms with Crippen LogP contribution < -0.4 is 5.32 Å². The Bertz CT molecular complexity index is 1050. The summed E-state index contributed by atoms with van der Waals surface area (Å²) in [6, 6.07) is 20.6. The molecule has 0 radical (unpaired) electrons. The third-order valence-electron chi connectivity index (χ3n) is 4.01. The summed E-state index contributed by atoms with van der Waals surface area (Å²) in [7, 11) is 0. The highest BCUT2D eigenvalue weighted by Gasteiger charge is 2.14. The first-order valence-electron chi connectivity index (χ1n) is 8.34. The van der Waals surface area contributed by atoms with Crippen LogP contribution in [0.3, 0.4) is 0 Å². The van der Waals surface area contributed by atoms with E-state index in [1.807, 2.05) is 30.3 Å². The van der Waals surface area contributed by atoms with Crippen molar-refractivity contribution in [2.24, 2.45) is 0 Å². The summed E-state index contributed by atoms with van der Waals surface area (Å²) in [6.07, 6.45) is 0. The van der Waals surface area contributed by atoms with Gasteiger partial charge in [0.1, 0.15) is 17.3 Å². The molecule has 0 bridgehead atoms. The summed E-state index contributed by atoms with van der Waals surface area (Å²) in [5, 5.41) is 6.55. The maximum absolute atomic E-state index is 13.0. The van der Waals surface area contributed by atoms with E-state index in [1.54, 1.807) is 30.3 Å². The van der Waals surface area contributed by atoms with Gasteiger partial charge in [-0.2, -0.15) is 0 Å². The first-order chi connectivity index (χ1) is 13.2.